The molecule has 2 fully saturated rings. The summed E-state index contributed by atoms with van der Waals surface area (Å²) in [5.74, 6) is -0.395. The van der Waals surface area contributed by atoms with E-state index in [1.54, 1.807) is 16.8 Å². The van der Waals surface area contributed by atoms with Gasteiger partial charge in [-0.2, -0.15) is 0 Å². The Morgan fingerprint density at radius 3 is 2.38 bits per heavy atom. The van der Waals surface area contributed by atoms with E-state index in [-0.39, 0.29) is 24.4 Å². The lowest BCUT2D eigenvalue weighted by Gasteiger charge is -2.35. The SMILES string of the molecule is CCN(Cc1ccccc1)C(=O)CN1C(=O)N(C)C2(CCCCC2)C1=O. The number of carbonyl (C=O) groups is 3. The summed E-state index contributed by atoms with van der Waals surface area (Å²) in [6.45, 7) is 2.74. The molecule has 4 amide bonds. The quantitative estimate of drug-likeness (QED) is 0.761. The molecule has 1 saturated heterocycles. The van der Waals surface area contributed by atoms with Crippen molar-refractivity contribution in [3.63, 3.8) is 0 Å². The maximum Gasteiger partial charge on any atom is 0.327 e. The number of nitrogens with zero attached hydrogens (tertiary/aromatic N) is 3. The highest BCUT2D eigenvalue weighted by atomic mass is 16.2. The first-order valence-electron chi connectivity index (χ1n) is 9.41. The van der Waals surface area contributed by atoms with Gasteiger partial charge in [0.2, 0.25) is 5.91 Å². The Balaban J connectivity index is 1.71. The number of amides is 4. The van der Waals surface area contributed by atoms with Crippen LogP contribution in [0.25, 0.3) is 0 Å². The third-order valence-corrected chi connectivity index (χ3v) is 5.73. The number of imide groups is 1. The summed E-state index contributed by atoms with van der Waals surface area (Å²) < 4.78 is 0. The van der Waals surface area contributed by atoms with E-state index >= 15 is 0 Å². The molecule has 0 aromatic heterocycles. The minimum absolute atomic E-state index is 0.176. The zero-order valence-corrected chi connectivity index (χ0v) is 15.6. The fourth-order valence-corrected chi connectivity index (χ4v) is 4.09. The number of hydrogen-bond donors (Lipinski definition) is 0. The molecule has 1 heterocycles. The van der Waals surface area contributed by atoms with Crippen molar-refractivity contribution < 1.29 is 14.4 Å². The molecule has 0 bridgehead atoms. The maximum absolute atomic E-state index is 13.0. The van der Waals surface area contributed by atoms with E-state index in [0.29, 0.717) is 25.9 Å². The van der Waals surface area contributed by atoms with Crippen molar-refractivity contribution >= 4 is 17.8 Å². The molecule has 0 unspecified atom stereocenters. The summed E-state index contributed by atoms with van der Waals surface area (Å²) in [5.41, 5.74) is 0.300. The fraction of sp³-hybridized carbons (Fsp3) is 0.550. The van der Waals surface area contributed by atoms with E-state index in [2.05, 4.69) is 0 Å². The first-order valence-corrected chi connectivity index (χ1v) is 9.41. The molecule has 1 aliphatic carbocycles. The summed E-state index contributed by atoms with van der Waals surface area (Å²) in [6, 6.07) is 9.38. The van der Waals surface area contributed by atoms with Gasteiger partial charge in [-0.15, -0.1) is 0 Å². The Labute approximate surface area is 154 Å². The summed E-state index contributed by atoms with van der Waals surface area (Å²) in [6.07, 6.45) is 4.37. The Morgan fingerprint density at radius 2 is 1.77 bits per heavy atom. The molecule has 3 rings (SSSR count). The van der Waals surface area contributed by atoms with Crippen molar-refractivity contribution in [1.82, 2.24) is 14.7 Å². The van der Waals surface area contributed by atoms with Gasteiger partial charge in [0.05, 0.1) is 0 Å². The van der Waals surface area contributed by atoms with Crippen molar-refractivity contribution in [1.29, 1.82) is 0 Å². The van der Waals surface area contributed by atoms with Crippen LogP contribution in [0.3, 0.4) is 0 Å². The molecular weight excluding hydrogens is 330 g/mol. The number of rotatable bonds is 5. The molecule has 1 aromatic carbocycles. The lowest BCUT2D eigenvalue weighted by Crippen LogP contribution is -2.49. The van der Waals surface area contributed by atoms with Gasteiger partial charge in [-0.05, 0) is 25.3 Å². The Morgan fingerprint density at radius 1 is 1.12 bits per heavy atom. The number of carbonyl (C=O) groups excluding carboxylic acids is 3. The maximum atomic E-state index is 13.0. The van der Waals surface area contributed by atoms with E-state index < -0.39 is 5.54 Å². The first-order chi connectivity index (χ1) is 12.5. The minimum Gasteiger partial charge on any atom is -0.337 e. The zero-order chi connectivity index (χ0) is 18.7. The van der Waals surface area contributed by atoms with Crippen molar-refractivity contribution in [3.8, 4) is 0 Å². The van der Waals surface area contributed by atoms with Crippen LogP contribution in [0.2, 0.25) is 0 Å². The summed E-state index contributed by atoms with van der Waals surface area (Å²) in [4.78, 5) is 42.8. The second-order valence-electron chi connectivity index (χ2n) is 7.22. The molecule has 0 atom stereocenters. The predicted molar refractivity (Wildman–Crippen MR) is 98.2 cm³/mol. The molecule has 1 aliphatic heterocycles. The van der Waals surface area contributed by atoms with Gasteiger partial charge in [0.1, 0.15) is 12.1 Å². The Hall–Kier alpha value is -2.37. The van der Waals surface area contributed by atoms with Crippen LogP contribution in [0.1, 0.15) is 44.6 Å². The lowest BCUT2D eigenvalue weighted by atomic mass is 9.81. The van der Waals surface area contributed by atoms with Gasteiger partial charge >= 0.3 is 6.03 Å². The summed E-state index contributed by atoms with van der Waals surface area (Å²) in [7, 11) is 1.69. The highest BCUT2D eigenvalue weighted by molar-refractivity contribution is 6.08. The highest BCUT2D eigenvalue weighted by Crippen LogP contribution is 2.39. The van der Waals surface area contributed by atoms with Crippen molar-refractivity contribution in [2.45, 2.75) is 51.1 Å². The van der Waals surface area contributed by atoms with Crippen LogP contribution in [-0.4, -0.2) is 58.2 Å². The number of urea groups is 1. The van der Waals surface area contributed by atoms with Crippen LogP contribution in [0.15, 0.2) is 30.3 Å². The number of benzene rings is 1. The molecule has 6 nitrogen and oxygen atoms in total. The average molecular weight is 357 g/mol. The molecule has 1 aromatic rings. The average Bonchev–Trinajstić information content (AvgIpc) is 2.84. The molecule has 6 heteroatoms. The molecule has 26 heavy (non-hydrogen) atoms. The van der Waals surface area contributed by atoms with Crippen LogP contribution in [0.4, 0.5) is 4.79 Å². The van der Waals surface area contributed by atoms with Crippen molar-refractivity contribution in [2.75, 3.05) is 20.1 Å². The molecular formula is C20H27N3O3. The third kappa shape index (κ3) is 3.20. The van der Waals surface area contributed by atoms with Gasteiger partial charge in [-0.25, -0.2) is 4.79 Å². The summed E-state index contributed by atoms with van der Waals surface area (Å²) >= 11 is 0. The van der Waals surface area contributed by atoms with Crippen LogP contribution in [-0.2, 0) is 16.1 Å². The van der Waals surface area contributed by atoms with Gasteiger partial charge in [0.25, 0.3) is 5.91 Å². The van der Waals surface area contributed by atoms with Gasteiger partial charge in [0, 0.05) is 20.1 Å². The van der Waals surface area contributed by atoms with Crippen LogP contribution < -0.4 is 0 Å². The van der Waals surface area contributed by atoms with Gasteiger partial charge in [0.15, 0.2) is 0 Å². The second kappa shape index (κ2) is 7.48. The smallest absolute Gasteiger partial charge is 0.327 e. The molecule has 140 valence electrons. The second-order valence-corrected chi connectivity index (χ2v) is 7.22. The first kappa shape index (κ1) is 18.4. The van der Waals surface area contributed by atoms with Crippen LogP contribution >= 0.6 is 0 Å². The molecule has 1 spiro atoms. The van der Waals surface area contributed by atoms with E-state index in [0.717, 1.165) is 29.7 Å². The lowest BCUT2D eigenvalue weighted by molar-refractivity contribution is -0.140. The number of likely N-dealkylation sites (N-methyl/N-ethyl adjacent to an activating group) is 2. The predicted octanol–water partition coefficient (Wildman–Crippen LogP) is 2.63. The Bertz CT molecular complexity index is 683. The van der Waals surface area contributed by atoms with Gasteiger partial charge in [-0.1, -0.05) is 49.6 Å². The molecule has 0 radical (unpaired) electrons. The molecule has 0 N–H and O–H groups in total. The largest absolute Gasteiger partial charge is 0.337 e. The standard InChI is InChI=1S/C20H27N3O3/c1-3-22(14-16-10-6-4-7-11-16)17(24)15-23-18(25)20(21(2)19(23)26)12-8-5-9-13-20/h4,6-7,10-11H,3,5,8-9,12-15H2,1-2H3. The van der Waals surface area contributed by atoms with Crippen LogP contribution in [0, 0.1) is 0 Å². The Kier molecular flexibility index (Phi) is 5.30. The van der Waals surface area contributed by atoms with E-state index in [4.69, 9.17) is 0 Å². The normalized spacial score (nSPS) is 19.3. The summed E-state index contributed by atoms with van der Waals surface area (Å²) in [5, 5.41) is 0. The van der Waals surface area contributed by atoms with Gasteiger partial charge < -0.3 is 9.80 Å². The number of hydrogen-bond acceptors (Lipinski definition) is 3. The molecule has 2 aliphatic rings. The zero-order valence-electron chi connectivity index (χ0n) is 15.6. The van der Waals surface area contributed by atoms with Gasteiger partial charge in [-0.3, -0.25) is 14.5 Å². The fourth-order valence-electron chi connectivity index (χ4n) is 4.09. The monoisotopic (exact) mass is 357 g/mol. The topological polar surface area (TPSA) is 60.9 Å². The minimum atomic E-state index is -0.730. The van der Waals surface area contributed by atoms with E-state index in [9.17, 15) is 14.4 Å². The third-order valence-electron chi connectivity index (χ3n) is 5.73. The van der Waals surface area contributed by atoms with Crippen LogP contribution in [0.5, 0.6) is 0 Å². The molecule has 1 saturated carbocycles. The van der Waals surface area contributed by atoms with E-state index in [1.165, 1.54) is 0 Å². The highest BCUT2D eigenvalue weighted by Gasteiger charge is 2.55. The van der Waals surface area contributed by atoms with E-state index in [1.807, 2.05) is 37.3 Å². The van der Waals surface area contributed by atoms with Crippen molar-refractivity contribution in [2.24, 2.45) is 0 Å². The van der Waals surface area contributed by atoms with Crippen molar-refractivity contribution in [3.05, 3.63) is 35.9 Å².